The van der Waals surface area contributed by atoms with Crippen LogP contribution >= 0.6 is 0 Å². The molecule has 0 saturated heterocycles. The molecule has 7 nitrogen and oxygen atoms in total. The van der Waals surface area contributed by atoms with Gasteiger partial charge in [0.2, 0.25) is 21.8 Å². The molecule has 0 heterocycles. The fraction of sp³-hybridized carbons (Fsp3) is 0.391. The number of aryl methyl sites for hydroxylation is 3. The topological polar surface area (TPSA) is 86.8 Å². The van der Waals surface area contributed by atoms with Crippen LogP contribution in [0, 0.1) is 20.8 Å². The number of nitrogens with zero attached hydrogens (tertiary/aromatic N) is 2. The molecule has 0 aromatic heterocycles. The van der Waals surface area contributed by atoms with Crippen LogP contribution in [0.25, 0.3) is 0 Å². The summed E-state index contributed by atoms with van der Waals surface area (Å²) < 4.78 is 26.2. The number of amides is 2. The van der Waals surface area contributed by atoms with E-state index in [4.69, 9.17) is 0 Å². The van der Waals surface area contributed by atoms with E-state index in [0.717, 1.165) is 32.8 Å². The summed E-state index contributed by atoms with van der Waals surface area (Å²) in [5.74, 6) is -0.776. The second kappa shape index (κ2) is 9.96. The van der Waals surface area contributed by atoms with Gasteiger partial charge in [-0.05, 0) is 62.1 Å². The molecule has 2 aromatic carbocycles. The summed E-state index contributed by atoms with van der Waals surface area (Å²) in [6.07, 6.45) is 1.07. The van der Waals surface area contributed by atoms with Crippen LogP contribution in [0.15, 0.2) is 42.5 Å². The van der Waals surface area contributed by atoms with Crippen LogP contribution in [0.3, 0.4) is 0 Å². The van der Waals surface area contributed by atoms with Gasteiger partial charge in [0.05, 0.1) is 11.9 Å². The Morgan fingerprint density at radius 3 is 2.19 bits per heavy atom. The summed E-state index contributed by atoms with van der Waals surface area (Å²) in [6.45, 7) is 7.19. The van der Waals surface area contributed by atoms with E-state index in [-0.39, 0.29) is 12.5 Å². The molecule has 0 aliphatic carbocycles. The highest BCUT2D eigenvalue weighted by Gasteiger charge is 2.30. The minimum atomic E-state index is -3.72. The van der Waals surface area contributed by atoms with Crippen LogP contribution in [0.4, 0.5) is 5.69 Å². The smallest absolute Gasteiger partial charge is 0.244 e. The standard InChI is InChI=1S/C23H31N3O4S/c1-16-11-12-21(13-18(16)3)26(31(6,29)30)15-22(27)25(19(4)23(28)24-5)14-20-10-8-7-9-17(20)2/h7-13,19H,14-15H2,1-6H3,(H,24,28)/t19-/m0/s1. The number of sulfonamides is 1. The zero-order chi connectivity index (χ0) is 23.3. The van der Waals surface area contributed by atoms with Crippen molar-refractivity contribution in [3.05, 3.63) is 64.7 Å². The van der Waals surface area contributed by atoms with Crippen molar-refractivity contribution >= 4 is 27.5 Å². The predicted octanol–water partition coefficient (Wildman–Crippen LogP) is 2.54. The predicted molar refractivity (Wildman–Crippen MR) is 123 cm³/mol. The normalized spacial score (nSPS) is 12.2. The molecule has 1 atom stereocenters. The van der Waals surface area contributed by atoms with E-state index in [1.165, 1.54) is 11.9 Å². The lowest BCUT2D eigenvalue weighted by atomic mass is 10.1. The lowest BCUT2D eigenvalue weighted by Gasteiger charge is -2.31. The lowest BCUT2D eigenvalue weighted by Crippen LogP contribution is -2.50. The summed E-state index contributed by atoms with van der Waals surface area (Å²) in [5, 5.41) is 2.56. The first-order valence-corrected chi connectivity index (χ1v) is 11.9. The lowest BCUT2D eigenvalue weighted by molar-refractivity contribution is -0.139. The second-order valence-electron chi connectivity index (χ2n) is 7.78. The summed E-state index contributed by atoms with van der Waals surface area (Å²) in [4.78, 5) is 27.1. The average molecular weight is 446 g/mol. The van der Waals surface area contributed by atoms with Crippen molar-refractivity contribution in [2.45, 2.75) is 40.3 Å². The highest BCUT2D eigenvalue weighted by molar-refractivity contribution is 7.92. The molecule has 8 heteroatoms. The summed E-state index contributed by atoms with van der Waals surface area (Å²) in [6, 6.07) is 12.1. The largest absolute Gasteiger partial charge is 0.357 e. The molecular weight excluding hydrogens is 414 g/mol. The molecule has 2 amide bonds. The quantitative estimate of drug-likeness (QED) is 0.677. The Balaban J connectivity index is 2.42. The molecule has 31 heavy (non-hydrogen) atoms. The van der Waals surface area contributed by atoms with Gasteiger partial charge in [-0.3, -0.25) is 13.9 Å². The van der Waals surface area contributed by atoms with E-state index in [0.29, 0.717) is 5.69 Å². The number of benzene rings is 2. The molecule has 0 aliphatic rings. The fourth-order valence-corrected chi connectivity index (χ4v) is 4.10. The van der Waals surface area contributed by atoms with E-state index >= 15 is 0 Å². The van der Waals surface area contributed by atoms with Gasteiger partial charge in [0, 0.05) is 13.6 Å². The van der Waals surface area contributed by atoms with Crippen LogP contribution in [-0.2, 0) is 26.2 Å². The molecule has 1 N–H and O–H groups in total. The maximum Gasteiger partial charge on any atom is 0.244 e. The Labute approximate surface area is 185 Å². The molecule has 2 aromatic rings. The van der Waals surface area contributed by atoms with Crippen LogP contribution in [0.1, 0.15) is 29.2 Å². The molecule has 0 radical (unpaired) electrons. The molecule has 0 spiro atoms. The van der Waals surface area contributed by atoms with Gasteiger partial charge < -0.3 is 10.2 Å². The molecule has 0 aliphatic heterocycles. The molecule has 168 valence electrons. The highest BCUT2D eigenvalue weighted by atomic mass is 32.2. The van der Waals surface area contributed by atoms with Gasteiger partial charge >= 0.3 is 0 Å². The van der Waals surface area contributed by atoms with Crippen LogP contribution in [-0.4, -0.2) is 51.0 Å². The first-order valence-electron chi connectivity index (χ1n) is 10.1. The minimum absolute atomic E-state index is 0.199. The third-order valence-electron chi connectivity index (χ3n) is 5.47. The summed E-state index contributed by atoms with van der Waals surface area (Å²) in [5.41, 5.74) is 4.25. The summed E-state index contributed by atoms with van der Waals surface area (Å²) >= 11 is 0. The maximum atomic E-state index is 13.3. The number of carbonyl (C=O) groups is 2. The van der Waals surface area contributed by atoms with E-state index in [2.05, 4.69) is 5.32 Å². The Hall–Kier alpha value is -2.87. The Morgan fingerprint density at radius 2 is 1.65 bits per heavy atom. The van der Waals surface area contributed by atoms with Crippen molar-refractivity contribution in [3.63, 3.8) is 0 Å². The molecule has 0 saturated carbocycles. The number of carbonyl (C=O) groups excluding carboxylic acids is 2. The first kappa shape index (κ1) is 24.4. The Kier molecular flexibility index (Phi) is 7.84. The van der Waals surface area contributed by atoms with Gasteiger partial charge in [0.1, 0.15) is 12.6 Å². The number of hydrogen-bond donors (Lipinski definition) is 1. The number of nitrogens with one attached hydrogen (secondary N) is 1. The van der Waals surface area contributed by atoms with Gasteiger partial charge in [-0.2, -0.15) is 0 Å². The van der Waals surface area contributed by atoms with Gasteiger partial charge in [-0.1, -0.05) is 30.3 Å². The molecule has 0 bridgehead atoms. The van der Waals surface area contributed by atoms with Crippen LogP contribution < -0.4 is 9.62 Å². The molecule has 2 rings (SSSR count). The van der Waals surface area contributed by atoms with Crippen molar-refractivity contribution in [2.75, 3.05) is 24.2 Å². The van der Waals surface area contributed by atoms with Crippen molar-refractivity contribution in [1.82, 2.24) is 10.2 Å². The third kappa shape index (κ3) is 6.07. The van der Waals surface area contributed by atoms with Crippen molar-refractivity contribution < 1.29 is 18.0 Å². The molecule has 0 unspecified atom stereocenters. The Morgan fingerprint density at radius 1 is 1.00 bits per heavy atom. The van der Waals surface area contributed by atoms with Gasteiger partial charge in [-0.25, -0.2) is 8.42 Å². The SMILES string of the molecule is CNC(=O)[C@H](C)N(Cc1ccccc1C)C(=O)CN(c1ccc(C)c(C)c1)S(C)(=O)=O. The second-order valence-corrected chi connectivity index (χ2v) is 9.68. The zero-order valence-corrected chi connectivity index (χ0v) is 19.8. The van der Waals surface area contributed by atoms with Crippen molar-refractivity contribution in [1.29, 1.82) is 0 Å². The van der Waals surface area contributed by atoms with E-state index in [9.17, 15) is 18.0 Å². The van der Waals surface area contributed by atoms with E-state index in [1.54, 1.807) is 19.1 Å². The van der Waals surface area contributed by atoms with Gasteiger partial charge in [-0.15, -0.1) is 0 Å². The number of likely N-dealkylation sites (N-methyl/N-ethyl adjacent to an activating group) is 1. The fourth-order valence-electron chi connectivity index (χ4n) is 3.26. The zero-order valence-electron chi connectivity index (χ0n) is 19.0. The average Bonchev–Trinajstić information content (AvgIpc) is 2.71. The van der Waals surface area contributed by atoms with E-state index in [1.807, 2.05) is 51.1 Å². The third-order valence-corrected chi connectivity index (χ3v) is 6.61. The van der Waals surface area contributed by atoms with Crippen molar-refractivity contribution in [3.8, 4) is 0 Å². The number of rotatable bonds is 8. The number of anilines is 1. The first-order chi connectivity index (χ1) is 14.5. The van der Waals surface area contributed by atoms with Crippen molar-refractivity contribution in [2.24, 2.45) is 0 Å². The molecular formula is C23H31N3O4S. The van der Waals surface area contributed by atoms with E-state index < -0.39 is 28.5 Å². The maximum absolute atomic E-state index is 13.3. The minimum Gasteiger partial charge on any atom is -0.357 e. The molecule has 0 fully saturated rings. The van der Waals surface area contributed by atoms with Crippen LogP contribution in [0.2, 0.25) is 0 Å². The summed E-state index contributed by atoms with van der Waals surface area (Å²) in [7, 11) is -2.22. The highest BCUT2D eigenvalue weighted by Crippen LogP contribution is 2.22. The monoisotopic (exact) mass is 445 g/mol. The van der Waals surface area contributed by atoms with Crippen LogP contribution in [0.5, 0.6) is 0 Å². The van der Waals surface area contributed by atoms with Gasteiger partial charge in [0.25, 0.3) is 0 Å². The van der Waals surface area contributed by atoms with Gasteiger partial charge in [0.15, 0.2) is 0 Å². The Bertz CT molecular complexity index is 1070. The number of hydrogen-bond acceptors (Lipinski definition) is 4.